The molecule has 0 saturated heterocycles. The second kappa shape index (κ2) is 10.8. The predicted octanol–water partition coefficient (Wildman–Crippen LogP) is 4.95. The van der Waals surface area contributed by atoms with E-state index in [1.165, 1.54) is 11.1 Å². The summed E-state index contributed by atoms with van der Waals surface area (Å²) >= 11 is 1.01. The van der Waals surface area contributed by atoms with Crippen LogP contribution in [0, 0.1) is 6.92 Å². The number of halogens is 4. The topological polar surface area (TPSA) is 49.3 Å². The van der Waals surface area contributed by atoms with E-state index in [4.69, 9.17) is 0 Å². The zero-order valence-corrected chi connectivity index (χ0v) is 18.6. The summed E-state index contributed by atoms with van der Waals surface area (Å²) in [6, 6.07) is 8.16. The Morgan fingerprint density at radius 1 is 1.30 bits per heavy atom. The largest absolute Gasteiger partial charge is 0.434 e. The van der Waals surface area contributed by atoms with Crippen LogP contribution in [0.2, 0.25) is 0 Å². The van der Waals surface area contributed by atoms with Gasteiger partial charge in [-0.15, -0.1) is 35.3 Å². The molecule has 1 heterocycles. The van der Waals surface area contributed by atoms with Crippen molar-refractivity contribution in [3.05, 3.63) is 51.5 Å². The summed E-state index contributed by atoms with van der Waals surface area (Å²) in [5.41, 5.74) is 1.53. The molecule has 0 aliphatic carbocycles. The van der Waals surface area contributed by atoms with E-state index in [1.807, 2.05) is 26.0 Å². The van der Waals surface area contributed by atoms with Gasteiger partial charge in [0, 0.05) is 24.9 Å². The van der Waals surface area contributed by atoms with Crippen molar-refractivity contribution in [1.29, 1.82) is 0 Å². The minimum Gasteiger partial charge on any atom is -0.357 e. The molecule has 0 fully saturated rings. The van der Waals surface area contributed by atoms with Gasteiger partial charge in [-0.05, 0) is 31.9 Å². The lowest BCUT2D eigenvalue weighted by Gasteiger charge is -2.19. The monoisotopic (exact) mass is 512 g/mol. The number of hydrogen-bond acceptors (Lipinski definition) is 3. The van der Waals surface area contributed by atoms with E-state index < -0.39 is 11.9 Å². The van der Waals surface area contributed by atoms with Gasteiger partial charge in [-0.25, -0.2) is 4.98 Å². The molecule has 27 heavy (non-hydrogen) atoms. The first-order valence-electron chi connectivity index (χ1n) is 8.43. The maximum Gasteiger partial charge on any atom is 0.434 e. The fraction of sp³-hybridized carbons (Fsp3) is 0.444. The number of aromatic nitrogens is 1. The first-order valence-corrected chi connectivity index (χ1v) is 9.31. The number of nitrogens with one attached hydrogen (secondary N) is 2. The van der Waals surface area contributed by atoms with Gasteiger partial charge in [0.2, 0.25) is 0 Å². The highest BCUT2D eigenvalue weighted by molar-refractivity contribution is 14.0. The lowest BCUT2D eigenvalue weighted by Crippen LogP contribution is -2.39. The van der Waals surface area contributed by atoms with Gasteiger partial charge in [0.1, 0.15) is 0 Å². The second-order valence-corrected chi connectivity index (χ2v) is 6.80. The molecule has 0 amide bonds. The van der Waals surface area contributed by atoms with E-state index in [0.717, 1.165) is 16.7 Å². The highest BCUT2D eigenvalue weighted by Crippen LogP contribution is 2.30. The Labute approximate surface area is 178 Å². The van der Waals surface area contributed by atoms with Crippen LogP contribution in [0.3, 0.4) is 0 Å². The summed E-state index contributed by atoms with van der Waals surface area (Å²) in [6.07, 6.45) is -4.02. The number of benzene rings is 1. The van der Waals surface area contributed by atoms with Gasteiger partial charge in [0.15, 0.2) is 11.7 Å². The number of thiazole rings is 1. The fourth-order valence-electron chi connectivity index (χ4n) is 2.49. The zero-order valence-electron chi connectivity index (χ0n) is 15.4. The first-order chi connectivity index (χ1) is 12.3. The van der Waals surface area contributed by atoms with Crippen molar-refractivity contribution in [3.8, 4) is 0 Å². The van der Waals surface area contributed by atoms with Gasteiger partial charge in [-0.1, -0.05) is 24.3 Å². The van der Waals surface area contributed by atoms with E-state index in [0.29, 0.717) is 30.5 Å². The molecule has 0 saturated carbocycles. The molecule has 2 N–H and O–H groups in total. The predicted molar refractivity (Wildman–Crippen MR) is 115 cm³/mol. The average molecular weight is 512 g/mol. The Morgan fingerprint density at radius 2 is 2.00 bits per heavy atom. The molecule has 0 spiro atoms. The van der Waals surface area contributed by atoms with Crippen LogP contribution in [-0.2, 0) is 12.6 Å². The molecule has 2 rings (SSSR count). The molecule has 0 aliphatic rings. The van der Waals surface area contributed by atoms with Crippen molar-refractivity contribution >= 4 is 41.3 Å². The van der Waals surface area contributed by atoms with E-state index in [9.17, 15) is 13.2 Å². The Morgan fingerprint density at radius 3 is 2.59 bits per heavy atom. The van der Waals surface area contributed by atoms with Crippen LogP contribution >= 0.6 is 35.3 Å². The number of nitrogens with zero attached hydrogens (tertiary/aromatic N) is 2. The van der Waals surface area contributed by atoms with Crippen molar-refractivity contribution < 1.29 is 13.2 Å². The van der Waals surface area contributed by atoms with Crippen molar-refractivity contribution in [2.75, 3.05) is 13.1 Å². The summed E-state index contributed by atoms with van der Waals surface area (Å²) in [5, 5.41) is 7.97. The molecule has 0 bridgehead atoms. The second-order valence-electron chi connectivity index (χ2n) is 5.86. The third-order valence-corrected chi connectivity index (χ3v) is 4.70. The number of aliphatic imine (C=N–C) groups is 1. The van der Waals surface area contributed by atoms with E-state index in [-0.39, 0.29) is 30.0 Å². The Balaban J connectivity index is 0.00000364. The smallest absolute Gasteiger partial charge is 0.357 e. The van der Waals surface area contributed by atoms with Gasteiger partial charge in [-0.2, -0.15) is 13.2 Å². The number of hydrogen-bond donors (Lipinski definition) is 2. The third kappa shape index (κ3) is 7.28. The van der Waals surface area contributed by atoms with Gasteiger partial charge >= 0.3 is 6.18 Å². The summed E-state index contributed by atoms with van der Waals surface area (Å²) in [7, 11) is 0. The van der Waals surface area contributed by atoms with E-state index >= 15 is 0 Å². The zero-order chi connectivity index (χ0) is 19.2. The highest BCUT2D eigenvalue weighted by atomic mass is 127. The molecule has 1 atom stereocenters. The molecule has 2 aromatic rings. The lowest BCUT2D eigenvalue weighted by molar-refractivity contribution is -0.140. The molecule has 0 aliphatic heterocycles. The van der Waals surface area contributed by atoms with E-state index in [2.05, 4.69) is 39.7 Å². The summed E-state index contributed by atoms with van der Waals surface area (Å²) in [6.45, 7) is 7.12. The van der Waals surface area contributed by atoms with Crippen LogP contribution < -0.4 is 10.6 Å². The van der Waals surface area contributed by atoms with Crippen LogP contribution in [0.15, 0.2) is 34.6 Å². The molecular weight excluding hydrogens is 488 g/mol. The van der Waals surface area contributed by atoms with E-state index in [1.54, 1.807) is 0 Å². The third-order valence-electron chi connectivity index (χ3n) is 3.79. The standard InChI is InChI=1S/C18H23F3N4S.HI/c1-4-22-17(24-13(3)14-8-6-5-7-12(14)2)23-10-9-16-25-15(11-26-16)18(19,20)21;/h5-8,11,13H,4,9-10H2,1-3H3,(H2,22,23,24);1H. The Kier molecular flexibility index (Phi) is 9.51. The molecule has 9 heteroatoms. The van der Waals surface area contributed by atoms with Crippen LogP contribution in [0.4, 0.5) is 13.2 Å². The van der Waals surface area contributed by atoms with Crippen molar-refractivity contribution in [1.82, 2.24) is 15.6 Å². The highest BCUT2D eigenvalue weighted by Gasteiger charge is 2.33. The van der Waals surface area contributed by atoms with Gasteiger partial charge in [-0.3, -0.25) is 4.99 Å². The number of alkyl halides is 3. The SMILES string of the molecule is CCNC(=NCCc1nc(C(F)(F)F)cs1)NC(C)c1ccccc1C.I. The van der Waals surface area contributed by atoms with Crippen LogP contribution in [0.5, 0.6) is 0 Å². The molecular formula is C18H24F3IN4S. The molecule has 1 aromatic carbocycles. The van der Waals surface area contributed by atoms with Crippen molar-refractivity contribution in [2.45, 2.75) is 39.4 Å². The van der Waals surface area contributed by atoms with Crippen LogP contribution in [-0.4, -0.2) is 24.0 Å². The summed E-state index contributed by atoms with van der Waals surface area (Å²) < 4.78 is 37.8. The van der Waals surface area contributed by atoms with Gasteiger partial charge < -0.3 is 10.6 Å². The minimum absolute atomic E-state index is 0. The average Bonchev–Trinajstić information content (AvgIpc) is 3.04. The maximum absolute atomic E-state index is 12.6. The molecule has 1 aromatic heterocycles. The molecule has 0 radical (unpaired) electrons. The summed E-state index contributed by atoms with van der Waals surface area (Å²) in [4.78, 5) is 8.08. The molecule has 4 nitrogen and oxygen atoms in total. The molecule has 150 valence electrons. The van der Waals surface area contributed by atoms with Crippen molar-refractivity contribution in [2.24, 2.45) is 4.99 Å². The maximum atomic E-state index is 12.6. The normalized spacial score (nSPS) is 13.0. The number of guanidine groups is 1. The first kappa shape index (κ1) is 23.7. The number of aryl methyl sites for hydroxylation is 1. The summed E-state index contributed by atoms with van der Waals surface area (Å²) in [5.74, 6) is 0.635. The van der Waals surface area contributed by atoms with Crippen LogP contribution in [0.25, 0.3) is 0 Å². The fourth-order valence-corrected chi connectivity index (χ4v) is 3.29. The van der Waals surface area contributed by atoms with Gasteiger partial charge in [0.05, 0.1) is 11.0 Å². The van der Waals surface area contributed by atoms with Gasteiger partial charge in [0.25, 0.3) is 0 Å². The quantitative estimate of drug-likeness (QED) is 0.328. The van der Waals surface area contributed by atoms with Crippen molar-refractivity contribution in [3.63, 3.8) is 0 Å². The Hall–Kier alpha value is -1.36. The van der Waals surface area contributed by atoms with Crippen LogP contribution in [0.1, 0.15) is 41.7 Å². The Bertz CT molecular complexity index is 746. The minimum atomic E-state index is -4.39. The number of rotatable bonds is 6. The lowest BCUT2D eigenvalue weighted by atomic mass is 10.0. The molecule has 1 unspecified atom stereocenters.